The normalized spacial score (nSPS) is 14.6. The second-order valence-electron chi connectivity index (χ2n) is 9.80. The minimum atomic E-state index is -0.289. The molecule has 0 bridgehead atoms. The van der Waals surface area contributed by atoms with E-state index in [1.165, 1.54) is 18.2 Å². The van der Waals surface area contributed by atoms with Gasteiger partial charge in [-0.1, -0.05) is 23.8 Å². The molecule has 0 saturated carbocycles. The number of ether oxygens (including phenoxy) is 2. The molecule has 9 heteroatoms. The van der Waals surface area contributed by atoms with Crippen LogP contribution >= 0.6 is 0 Å². The number of aryl methyl sites for hydroxylation is 3. The van der Waals surface area contributed by atoms with Crippen LogP contribution in [-0.4, -0.2) is 46.1 Å². The van der Waals surface area contributed by atoms with Crippen molar-refractivity contribution in [2.75, 3.05) is 20.3 Å². The summed E-state index contributed by atoms with van der Waals surface area (Å²) in [5.41, 5.74) is 7.94. The molecule has 1 N–H and O–H groups in total. The van der Waals surface area contributed by atoms with Crippen molar-refractivity contribution in [2.24, 2.45) is 0 Å². The number of nitrogens with one attached hydrogen (secondary N) is 1. The molecule has 1 unspecified atom stereocenters. The lowest BCUT2D eigenvalue weighted by atomic mass is 9.85. The molecule has 39 heavy (non-hydrogen) atoms. The molecule has 3 heterocycles. The van der Waals surface area contributed by atoms with Gasteiger partial charge in [-0.3, -0.25) is 9.97 Å². The van der Waals surface area contributed by atoms with Gasteiger partial charge < -0.3 is 24.1 Å². The Hall–Kier alpha value is -4.40. The molecule has 0 saturated heterocycles. The van der Waals surface area contributed by atoms with Crippen molar-refractivity contribution in [1.29, 1.82) is 0 Å². The van der Waals surface area contributed by atoms with Crippen LogP contribution in [0.5, 0.6) is 11.5 Å². The summed E-state index contributed by atoms with van der Waals surface area (Å²) in [6.07, 6.45) is 7.70. The van der Waals surface area contributed by atoms with Crippen LogP contribution in [0.2, 0.25) is 0 Å². The largest absolute Gasteiger partial charge is 0.493 e. The van der Waals surface area contributed by atoms with E-state index in [0.29, 0.717) is 43.2 Å². The molecule has 1 aliphatic heterocycles. The predicted molar refractivity (Wildman–Crippen MR) is 146 cm³/mol. The number of nitrogens with zero attached hydrogens (tertiary/aromatic N) is 4. The third-order valence-corrected chi connectivity index (χ3v) is 6.96. The molecule has 202 valence electrons. The zero-order valence-electron chi connectivity index (χ0n) is 22.7. The van der Waals surface area contributed by atoms with Crippen molar-refractivity contribution in [3.05, 3.63) is 100 Å². The van der Waals surface area contributed by atoms with Gasteiger partial charge in [0.25, 0.3) is 0 Å². The maximum absolute atomic E-state index is 13.5. The Morgan fingerprint density at radius 3 is 2.72 bits per heavy atom. The van der Waals surface area contributed by atoms with Crippen molar-refractivity contribution in [2.45, 2.75) is 46.2 Å². The minimum Gasteiger partial charge on any atom is -0.493 e. The van der Waals surface area contributed by atoms with Crippen LogP contribution in [0.15, 0.2) is 59.8 Å². The number of urea groups is 1. The van der Waals surface area contributed by atoms with E-state index in [-0.39, 0.29) is 18.6 Å². The fraction of sp³-hybridized carbons (Fsp3) is 0.333. The zero-order chi connectivity index (χ0) is 27.4. The quantitative estimate of drug-likeness (QED) is 0.348. The summed E-state index contributed by atoms with van der Waals surface area (Å²) in [6.45, 7) is 7.35. The van der Waals surface area contributed by atoms with E-state index in [9.17, 15) is 4.79 Å². The molecule has 0 radical (unpaired) electrons. The van der Waals surface area contributed by atoms with Crippen LogP contribution in [0.3, 0.4) is 0 Å². The van der Waals surface area contributed by atoms with E-state index in [4.69, 9.17) is 13.9 Å². The zero-order valence-corrected chi connectivity index (χ0v) is 22.7. The van der Waals surface area contributed by atoms with Gasteiger partial charge in [0.2, 0.25) is 0 Å². The SMILES string of the molecule is COc1cc2c(cc1OCCc1cncc(C)n1)C(c1ccc(C)cc1C)N(C(=O)NCc1cocn1)CC2. The number of carbonyl (C=O) groups is 1. The number of hydrogen-bond donors (Lipinski definition) is 1. The molecule has 5 rings (SSSR count). The minimum absolute atomic E-state index is 0.162. The first kappa shape index (κ1) is 26.2. The topological polar surface area (TPSA) is 103 Å². The number of carbonyl (C=O) groups excluding carboxylic acids is 1. The molecule has 1 atom stereocenters. The fourth-order valence-corrected chi connectivity index (χ4v) is 5.08. The molecule has 2 aromatic carbocycles. The van der Waals surface area contributed by atoms with E-state index < -0.39 is 0 Å². The number of benzene rings is 2. The molecule has 2 amide bonds. The van der Waals surface area contributed by atoms with E-state index in [1.54, 1.807) is 19.5 Å². The highest BCUT2D eigenvalue weighted by molar-refractivity contribution is 5.76. The molecule has 2 aromatic heterocycles. The summed E-state index contributed by atoms with van der Waals surface area (Å²) in [5, 5.41) is 3.01. The molecule has 0 spiro atoms. The van der Waals surface area contributed by atoms with Crippen LogP contribution < -0.4 is 14.8 Å². The Morgan fingerprint density at radius 1 is 1.10 bits per heavy atom. The summed E-state index contributed by atoms with van der Waals surface area (Å²) in [4.78, 5) is 28.3. The van der Waals surface area contributed by atoms with Crippen molar-refractivity contribution in [3.63, 3.8) is 0 Å². The summed E-state index contributed by atoms with van der Waals surface area (Å²) < 4.78 is 17.0. The smallest absolute Gasteiger partial charge is 0.318 e. The first-order chi connectivity index (χ1) is 18.9. The van der Waals surface area contributed by atoms with Gasteiger partial charge >= 0.3 is 6.03 Å². The highest BCUT2D eigenvalue weighted by atomic mass is 16.5. The summed E-state index contributed by atoms with van der Waals surface area (Å²) in [6, 6.07) is 9.97. The monoisotopic (exact) mass is 527 g/mol. The van der Waals surface area contributed by atoms with Gasteiger partial charge in [-0.15, -0.1) is 0 Å². The first-order valence-electron chi connectivity index (χ1n) is 13.0. The molecule has 0 fully saturated rings. The van der Waals surface area contributed by atoms with Crippen molar-refractivity contribution < 1.29 is 18.7 Å². The fourth-order valence-electron chi connectivity index (χ4n) is 5.08. The Kier molecular flexibility index (Phi) is 7.76. The number of fused-ring (bicyclic) bond motifs is 1. The molecule has 4 aromatic rings. The molecule has 9 nitrogen and oxygen atoms in total. The van der Waals surface area contributed by atoms with Crippen LogP contribution in [0.4, 0.5) is 4.79 Å². The van der Waals surface area contributed by atoms with E-state index in [0.717, 1.165) is 33.6 Å². The second-order valence-corrected chi connectivity index (χ2v) is 9.80. The van der Waals surface area contributed by atoms with Gasteiger partial charge in [-0.25, -0.2) is 9.78 Å². The van der Waals surface area contributed by atoms with Crippen LogP contribution in [0, 0.1) is 20.8 Å². The lowest BCUT2D eigenvalue weighted by Gasteiger charge is -2.38. The molecule has 0 aliphatic carbocycles. The average molecular weight is 528 g/mol. The first-order valence-corrected chi connectivity index (χ1v) is 13.0. The predicted octanol–water partition coefficient (Wildman–Crippen LogP) is 4.88. The number of aromatic nitrogens is 3. The standard InChI is InChI=1S/C30H33N5O4/c1-19-5-6-25(20(2)11-19)29-26-13-28(39-10-8-23-15-31-14-21(3)34-23)27(37-4)12-22(26)7-9-35(29)30(36)32-16-24-17-38-18-33-24/h5-6,11-15,17-18,29H,7-10,16H2,1-4H3,(H,32,36). The Labute approximate surface area is 228 Å². The highest BCUT2D eigenvalue weighted by Gasteiger charge is 2.34. The van der Waals surface area contributed by atoms with Gasteiger partial charge in [-0.2, -0.15) is 0 Å². The van der Waals surface area contributed by atoms with Gasteiger partial charge in [0.15, 0.2) is 17.9 Å². The van der Waals surface area contributed by atoms with Crippen LogP contribution in [0.1, 0.15) is 50.9 Å². The average Bonchev–Trinajstić information content (AvgIpc) is 3.45. The maximum atomic E-state index is 13.5. The lowest BCUT2D eigenvalue weighted by molar-refractivity contribution is 0.179. The number of amides is 2. The maximum Gasteiger partial charge on any atom is 0.318 e. The highest BCUT2D eigenvalue weighted by Crippen LogP contribution is 2.42. The van der Waals surface area contributed by atoms with Gasteiger partial charge in [0.05, 0.1) is 43.4 Å². The van der Waals surface area contributed by atoms with Crippen molar-refractivity contribution >= 4 is 6.03 Å². The Balaban J connectivity index is 1.47. The number of oxazole rings is 1. The van der Waals surface area contributed by atoms with Gasteiger partial charge in [0, 0.05) is 25.4 Å². The molecular weight excluding hydrogens is 494 g/mol. The Morgan fingerprint density at radius 2 is 1.97 bits per heavy atom. The van der Waals surface area contributed by atoms with Gasteiger partial charge in [0.1, 0.15) is 6.26 Å². The molecule has 1 aliphatic rings. The summed E-state index contributed by atoms with van der Waals surface area (Å²) in [5.74, 6) is 1.31. The lowest BCUT2D eigenvalue weighted by Crippen LogP contribution is -2.46. The van der Waals surface area contributed by atoms with Gasteiger partial charge in [-0.05, 0) is 61.6 Å². The van der Waals surface area contributed by atoms with E-state index >= 15 is 0 Å². The van der Waals surface area contributed by atoms with Crippen molar-refractivity contribution in [1.82, 2.24) is 25.2 Å². The van der Waals surface area contributed by atoms with E-state index in [1.807, 2.05) is 24.0 Å². The Bertz CT molecular complexity index is 1450. The van der Waals surface area contributed by atoms with Crippen molar-refractivity contribution in [3.8, 4) is 11.5 Å². The number of methoxy groups -OCH3 is 1. The number of hydrogen-bond acceptors (Lipinski definition) is 7. The summed E-state index contributed by atoms with van der Waals surface area (Å²) in [7, 11) is 1.65. The third kappa shape index (κ3) is 5.87. The van der Waals surface area contributed by atoms with Crippen LogP contribution in [-0.2, 0) is 19.4 Å². The van der Waals surface area contributed by atoms with Crippen LogP contribution in [0.25, 0.3) is 0 Å². The number of rotatable bonds is 8. The third-order valence-electron chi connectivity index (χ3n) is 6.96. The van der Waals surface area contributed by atoms with E-state index in [2.05, 4.69) is 52.3 Å². The second kappa shape index (κ2) is 11.6. The summed E-state index contributed by atoms with van der Waals surface area (Å²) >= 11 is 0. The molecular formula is C30H33N5O4.